The smallest absolute Gasteiger partial charge is 0.254 e. The molecule has 6 heteroatoms. The minimum Gasteiger partial charge on any atom is -0.493 e. The van der Waals surface area contributed by atoms with E-state index >= 15 is 0 Å². The molecule has 0 atom stereocenters. The van der Waals surface area contributed by atoms with Gasteiger partial charge < -0.3 is 23.8 Å². The van der Waals surface area contributed by atoms with Crippen molar-refractivity contribution in [2.75, 3.05) is 47.6 Å². The molecule has 1 saturated heterocycles. The summed E-state index contributed by atoms with van der Waals surface area (Å²) in [5.74, 6) is 1.54. The quantitative estimate of drug-likeness (QED) is 0.376. The van der Waals surface area contributed by atoms with Crippen molar-refractivity contribution in [3.05, 3.63) is 77.9 Å². The van der Waals surface area contributed by atoms with Crippen LogP contribution in [0.2, 0.25) is 0 Å². The van der Waals surface area contributed by atoms with E-state index in [1.165, 1.54) is 0 Å². The van der Waals surface area contributed by atoms with Gasteiger partial charge in [0.1, 0.15) is 0 Å². The summed E-state index contributed by atoms with van der Waals surface area (Å²) in [6.45, 7) is 2.20. The summed E-state index contributed by atoms with van der Waals surface area (Å²) < 4.78 is 21.9. The Morgan fingerprint density at radius 2 is 1.41 bits per heavy atom. The molecule has 6 nitrogen and oxygen atoms in total. The molecule has 1 fully saturated rings. The Morgan fingerprint density at radius 3 is 1.97 bits per heavy atom. The Morgan fingerprint density at radius 1 is 0.824 bits per heavy atom. The van der Waals surface area contributed by atoms with Crippen LogP contribution in [0, 0.1) is 0 Å². The molecule has 0 bridgehead atoms. The van der Waals surface area contributed by atoms with Gasteiger partial charge in [-0.2, -0.15) is 0 Å². The predicted molar refractivity (Wildman–Crippen MR) is 133 cm³/mol. The van der Waals surface area contributed by atoms with Crippen LogP contribution in [-0.2, 0) is 9.53 Å². The van der Waals surface area contributed by atoms with Crippen LogP contribution in [-0.4, -0.2) is 58.4 Å². The fraction of sp³-hybridized carbons (Fsp3) is 0.250. The van der Waals surface area contributed by atoms with Crippen LogP contribution in [0.15, 0.2) is 66.7 Å². The Bertz CT molecular complexity index is 1120. The Labute approximate surface area is 200 Å². The second-order valence-corrected chi connectivity index (χ2v) is 7.86. The molecule has 1 aliphatic rings. The molecular weight excluding hydrogens is 430 g/mol. The first-order valence-corrected chi connectivity index (χ1v) is 11.2. The molecular formula is C28H29NO5. The van der Waals surface area contributed by atoms with Crippen LogP contribution >= 0.6 is 0 Å². The second kappa shape index (κ2) is 10.9. The van der Waals surface area contributed by atoms with Gasteiger partial charge in [0, 0.05) is 18.7 Å². The molecule has 0 aromatic heterocycles. The fourth-order valence-electron chi connectivity index (χ4n) is 4.03. The molecule has 1 heterocycles. The summed E-state index contributed by atoms with van der Waals surface area (Å²) in [6, 6.07) is 21.9. The molecule has 34 heavy (non-hydrogen) atoms. The van der Waals surface area contributed by atoms with Crippen molar-refractivity contribution < 1.29 is 23.7 Å². The maximum Gasteiger partial charge on any atom is 0.254 e. The monoisotopic (exact) mass is 459 g/mol. The Hall–Kier alpha value is -3.77. The highest BCUT2D eigenvalue weighted by Gasteiger charge is 2.23. The number of hydrogen-bond donors (Lipinski definition) is 0. The SMILES string of the molecule is COc1cc(/C=C(/C(=O)N2CCOCC2)c2ccc(-c3ccccc3)cc2)cc(OC)c1OC. The number of benzene rings is 3. The highest BCUT2D eigenvalue weighted by Crippen LogP contribution is 2.39. The third kappa shape index (κ3) is 5.07. The summed E-state index contributed by atoms with van der Waals surface area (Å²) in [7, 11) is 4.72. The molecule has 1 amide bonds. The van der Waals surface area contributed by atoms with Gasteiger partial charge in [-0.3, -0.25) is 4.79 Å². The molecule has 3 aromatic carbocycles. The van der Waals surface area contributed by atoms with Gasteiger partial charge in [-0.15, -0.1) is 0 Å². The van der Waals surface area contributed by atoms with E-state index in [1.807, 2.05) is 65.6 Å². The highest BCUT2D eigenvalue weighted by molar-refractivity contribution is 6.24. The number of carbonyl (C=O) groups excluding carboxylic acids is 1. The van der Waals surface area contributed by atoms with E-state index in [0.29, 0.717) is 49.1 Å². The van der Waals surface area contributed by atoms with Crippen molar-refractivity contribution in [1.29, 1.82) is 0 Å². The summed E-state index contributed by atoms with van der Waals surface area (Å²) in [5.41, 5.74) is 4.43. The average molecular weight is 460 g/mol. The van der Waals surface area contributed by atoms with E-state index in [0.717, 1.165) is 22.3 Å². The van der Waals surface area contributed by atoms with Gasteiger partial charge in [0.25, 0.3) is 5.91 Å². The van der Waals surface area contributed by atoms with Crippen LogP contribution in [0.4, 0.5) is 0 Å². The van der Waals surface area contributed by atoms with Crippen molar-refractivity contribution in [3.8, 4) is 28.4 Å². The standard InChI is InChI=1S/C28H29NO5/c1-31-25-18-20(19-26(32-2)27(25)33-3)17-24(28(30)29-13-15-34-16-14-29)23-11-9-22(10-12-23)21-7-5-4-6-8-21/h4-12,17-19H,13-16H2,1-3H3/b24-17+. The maximum atomic E-state index is 13.6. The number of nitrogens with zero attached hydrogens (tertiary/aromatic N) is 1. The first-order valence-electron chi connectivity index (χ1n) is 11.2. The third-order valence-corrected chi connectivity index (χ3v) is 5.83. The van der Waals surface area contributed by atoms with E-state index in [-0.39, 0.29) is 5.91 Å². The summed E-state index contributed by atoms with van der Waals surface area (Å²) in [5, 5.41) is 0. The normalized spacial score (nSPS) is 14.0. The van der Waals surface area contributed by atoms with Gasteiger partial charge in [-0.05, 0) is 40.5 Å². The molecule has 3 aromatic rings. The van der Waals surface area contributed by atoms with Crippen molar-refractivity contribution in [2.45, 2.75) is 0 Å². The van der Waals surface area contributed by atoms with Crippen molar-refractivity contribution in [2.24, 2.45) is 0 Å². The summed E-state index contributed by atoms with van der Waals surface area (Å²) in [6.07, 6.45) is 1.87. The van der Waals surface area contributed by atoms with Gasteiger partial charge in [0.2, 0.25) is 5.75 Å². The van der Waals surface area contributed by atoms with E-state index in [1.54, 1.807) is 21.3 Å². The minimum atomic E-state index is -0.0375. The van der Waals surface area contributed by atoms with E-state index in [9.17, 15) is 4.79 Å². The molecule has 0 N–H and O–H groups in total. The molecule has 0 radical (unpaired) electrons. The molecule has 0 unspecified atom stereocenters. The Balaban J connectivity index is 1.77. The molecule has 1 aliphatic heterocycles. The first-order chi connectivity index (χ1) is 16.6. The van der Waals surface area contributed by atoms with Gasteiger partial charge >= 0.3 is 0 Å². The number of morpholine rings is 1. The lowest BCUT2D eigenvalue weighted by atomic mass is 9.97. The number of rotatable bonds is 7. The van der Waals surface area contributed by atoms with Gasteiger partial charge in [-0.25, -0.2) is 0 Å². The van der Waals surface area contributed by atoms with Crippen molar-refractivity contribution >= 4 is 17.6 Å². The van der Waals surface area contributed by atoms with E-state index in [2.05, 4.69) is 12.1 Å². The topological polar surface area (TPSA) is 57.2 Å². The average Bonchev–Trinajstić information content (AvgIpc) is 2.91. The summed E-state index contributed by atoms with van der Waals surface area (Å²) >= 11 is 0. The van der Waals surface area contributed by atoms with Crippen LogP contribution in [0.3, 0.4) is 0 Å². The lowest BCUT2D eigenvalue weighted by molar-refractivity contribution is -0.128. The zero-order chi connectivity index (χ0) is 23.9. The highest BCUT2D eigenvalue weighted by atomic mass is 16.5. The lowest BCUT2D eigenvalue weighted by Crippen LogP contribution is -2.41. The summed E-state index contributed by atoms with van der Waals surface area (Å²) in [4.78, 5) is 15.4. The number of carbonyl (C=O) groups is 1. The van der Waals surface area contributed by atoms with Gasteiger partial charge in [-0.1, -0.05) is 54.6 Å². The van der Waals surface area contributed by atoms with Crippen LogP contribution in [0.5, 0.6) is 17.2 Å². The second-order valence-electron chi connectivity index (χ2n) is 7.86. The molecule has 0 aliphatic carbocycles. The van der Waals surface area contributed by atoms with Gasteiger partial charge in [0.15, 0.2) is 11.5 Å². The number of ether oxygens (including phenoxy) is 4. The van der Waals surface area contributed by atoms with Crippen molar-refractivity contribution in [3.63, 3.8) is 0 Å². The zero-order valence-corrected chi connectivity index (χ0v) is 19.7. The molecule has 0 saturated carbocycles. The largest absolute Gasteiger partial charge is 0.493 e. The van der Waals surface area contributed by atoms with Crippen molar-refractivity contribution in [1.82, 2.24) is 4.90 Å². The van der Waals surface area contributed by atoms with E-state index in [4.69, 9.17) is 18.9 Å². The van der Waals surface area contributed by atoms with E-state index < -0.39 is 0 Å². The number of amides is 1. The Kier molecular flexibility index (Phi) is 7.50. The predicted octanol–water partition coefficient (Wildman–Crippen LogP) is 4.78. The van der Waals surface area contributed by atoms with Crippen LogP contribution in [0.25, 0.3) is 22.8 Å². The molecule has 0 spiro atoms. The third-order valence-electron chi connectivity index (χ3n) is 5.83. The number of hydrogen-bond acceptors (Lipinski definition) is 5. The van der Waals surface area contributed by atoms with Gasteiger partial charge in [0.05, 0.1) is 34.5 Å². The number of methoxy groups -OCH3 is 3. The minimum absolute atomic E-state index is 0.0375. The first kappa shape index (κ1) is 23.4. The van der Waals surface area contributed by atoms with Crippen LogP contribution < -0.4 is 14.2 Å². The maximum absolute atomic E-state index is 13.6. The zero-order valence-electron chi connectivity index (χ0n) is 19.7. The molecule has 176 valence electrons. The molecule has 4 rings (SSSR count). The lowest BCUT2D eigenvalue weighted by Gasteiger charge is -2.28. The fourth-order valence-corrected chi connectivity index (χ4v) is 4.03. The van der Waals surface area contributed by atoms with Crippen LogP contribution in [0.1, 0.15) is 11.1 Å².